The van der Waals surface area contributed by atoms with Gasteiger partial charge < -0.3 is 9.47 Å². The number of rotatable bonds is 6. The predicted molar refractivity (Wildman–Crippen MR) is 104 cm³/mol. The zero-order valence-electron chi connectivity index (χ0n) is 16.1. The average Bonchev–Trinajstić information content (AvgIpc) is 2.70. The molecule has 0 amide bonds. The van der Waals surface area contributed by atoms with Gasteiger partial charge in [0.1, 0.15) is 6.61 Å². The molecule has 2 aliphatic rings. The Morgan fingerprint density at radius 1 is 1.07 bits per heavy atom. The Morgan fingerprint density at radius 3 is 2.44 bits per heavy atom. The van der Waals surface area contributed by atoms with E-state index in [9.17, 15) is 8.78 Å². The first-order chi connectivity index (χ1) is 13.1. The summed E-state index contributed by atoms with van der Waals surface area (Å²) >= 11 is 0. The van der Waals surface area contributed by atoms with Gasteiger partial charge in [0.25, 0.3) is 0 Å². The summed E-state index contributed by atoms with van der Waals surface area (Å²) in [5, 5.41) is 0. The minimum atomic E-state index is -0.882. The zero-order chi connectivity index (χ0) is 19.2. The van der Waals surface area contributed by atoms with E-state index in [4.69, 9.17) is 9.47 Å². The first kappa shape index (κ1) is 20.1. The van der Waals surface area contributed by atoms with E-state index >= 15 is 0 Å². The molecule has 0 spiro atoms. The van der Waals surface area contributed by atoms with Gasteiger partial charge in [-0.2, -0.15) is 4.39 Å². The van der Waals surface area contributed by atoms with Crippen molar-refractivity contribution in [1.82, 2.24) is 0 Å². The number of ether oxygens (including phenoxy) is 2. The maximum atomic E-state index is 14.5. The number of hydrogen-bond donors (Lipinski definition) is 0. The van der Waals surface area contributed by atoms with Crippen LogP contribution in [0.15, 0.2) is 36.9 Å². The Hall–Kier alpha value is -1.68. The number of allylic oxidation sites excluding steroid dienone is 1. The molecule has 2 nitrogen and oxygen atoms in total. The van der Waals surface area contributed by atoms with Crippen LogP contribution in [-0.2, 0) is 4.74 Å². The van der Waals surface area contributed by atoms with Crippen molar-refractivity contribution in [2.75, 3.05) is 13.2 Å². The molecule has 0 bridgehead atoms. The summed E-state index contributed by atoms with van der Waals surface area (Å²) in [6.07, 6.45) is 12.2. The summed E-state index contributed by atoms with van der Waals surface area (Å²) in [5.74, 6) is -0.355. The van der Waals surface area contributed by atoms with Gasteiger partial charge in [0.15, 0.2) is 11.6 Å². The average molecular weight is 376 g/mol. The molecule has 1 heterocycles. The topological polar surface area (TPSA) is 18.5 Å². The molecular weight excluding hydrogens is 346 g/mol. The summed E-state index contributed by atoms with van der Waals surface area (Å²) in [5.41, 5.74) is 0.491. The molecule has 0 radical (unpaired) electrons. The summed E-state index contributed by atoms with van der Waals surface area (Å²) < 4.78 is 39.9. The standard InChI is InChI=1S/C23H30F2O2/c1-3-5-19-11-10-18(15-27-19)16-6-8-17(9-7-16)20-12-13-21(26-14-4-2)23(25)22(20)24/h3-5,12-13,16-19H,2,6-11,14-15H2,1H3. The van der Waals surface area contributed by atoms with Crippen molar-refractivity contribution in [2.24, 2.45) is 11.8 Å². The molecule has 1 aliphatic heterocycles. The van der Waals surface area contributed by atoms with Crippen molar-refractivity contribution in [3.05, 3.63) is 54.1 Å². The molecule has 1 aromatic rings. The molecule has 0 N–H and O–H groups in total. The first-order valence-electron chi connectivity index (χ1n) is 10.1. The second-order valence-corrected chi connectivity index (χ2v) is 7.73. The van der Waals surface area contributed by atoms with E-state index in [2.05, 4.69) is 18.7 Å². The number of benzene rings is 1. The quantitative estimate of drug-likeness (QED) is 0.552. The van der Waals surface area contributed by atoms with Crippen molar-refractivity contribution in [3.63, 3.8) is 0 Å². The lowest BCUT2D eigenvalue weighted by Gasteiger charge is -2.37. The monoisotopic (exact) mass is 376 g/mol. The van der Waals surface area contributed by atoms with E-state index in [1.54, 1.807) is 12.1 Å². The molecule has 2 fully saturated rings. The second kappa shape index (κ2) is 9.50. The van der Waals surface area contributed by atoms with Crippen LogP contribution in [-0.4, -0.2) is 19.3 Å². The highest BCUT2D eigenvalue weighted by molar-refractivity contribution is 5.33. The van der Waals surface area contributed by atoms with Crippen LogP contribution in [0.4, 0.5) is 8.78 Å². The van der Waals surface area contributed by atoms with E-state index in [1.165, 1.54) is 12.5 Å². The lowest BCUT2D eigenvalue weighted by molar-refractivity contribution is -0.0150. The fourth-order valence-electron chi connectivity index (χ4n) is 4.55. The van der Waals surface area contributed by atoms with Crippen LogP contribution in [0, 0.1) is 23.5 Å². The lowest BCUT2D eigenvalue weighted by atomic mass is 9.72. The summed E-state index contributed by atoms with van der Waals surface area (Å²) in [7, 11) is 0. The third-order valence-electron chi connectivity index (χ3n) is 6.07. The van der Waals surface area contributed by atoms with Gasteiger partial charge in [0, 0.05) is 0 Å². The predicted octanol–water partition coefficient (Wildman–Crippen LogP) is 6.17. The van der Waals surface area contributed by atoms with Crippen LogP contribution in [0.25, 0.3) is 0 Å². The van der Waals surface area contributed by atoms with E-state index in [-0.39, 0.29) is 24.4 Å². The molecule has 2 atom stereocenters. The van der Waals surface area contributed by atoms with Gasteiger partial charge in [-0.05, 0) is 74.8 Å². The SMILES string of the molecule is C=CCOc1ccc(C2CCC(C3CCC(C=CC)OC3)CC2)c(F)c1F. The fraction of sp³-hybridized carbons (Fsp3) is 0.565. The molecule has 1 saturated carbocycles. The van der Waals surface area contributed by atoms with E-state index in [1.807, 2.05) is 6.92 Å². The number of halogens is 2. The van der Waals surface area contributed by atoms with E-state index < -0.39 is 11.6 Å². The van der Waals surface area contributed by atoms with Crippen LogP contribution >= 0.6 is 0 Å². The molecular formula is C23H30F2O2. The van der Waals surface area contributed by atoms with Crippen molar-refractivity contribution in [2.45, 2.75) is 57.5 Å². The smallest absolute Gasteiger partial charge is 0.200 e. The van der Waals surface area contributed by atoms with Gasteiger partial charge >= 0.3 is 0 Å². The summed E-state index contributed by atoms with van der Waals surface area (Å²) in [4.78, 5) is 0. The Labute approximate surface area is 161 Å². The van der Waals surface area contributed by atoms with Gasteiger partial charge in [0.2, 0.25) is 5.82 Å². The van der Waals surface area contributed by atoms with Crippen molar-refractivity contribution < 1.29 is 18.3 Å². The Kier molecular flexibility index (Phi) is 7.06. The normalized spacial score (nSPS) is 29.0. The highest BCUT2D eigenvalue weighted by Crippen LogP contribution is 2.42. The van der Waals surface area contributed by atoms with Gasteiger partial charge in [-0.15, -0.1) is 0 Å². The minimum Gasteiger partial charge on any atom is -0.486 e. The lowest BCUT2D eigenvalue weighted by Crippen LogP contribution is -2.31. The van der Waals surface area contributed by atoms with Gasteiger partial charge in [-0.1, -0.05) is 30.9 Å². The molecule has 1 saturated heterocycles. The van der Waals surface area contributed by atoms with Gasteiger partial charge in [0.05, 0.1) is 12.7 Å². The van der Waals surface area contributed by atoms with Crippen LogP contribution in [0.3, 0.4) is 0 Å². The number of hydrogen-bond acceptors (Lipinski definition) is 2. The van der Waals surface area contributed by atoms with Crippen molar-refractivity contribution in [3.8, 4) is 5.75 Å². The minimum absolute atomic E-state index is 0.0418. The molecule has 1 aliphatic carbocycles. The highest BCUT2D eigenvalue weighted by atomic mass is 19.2. The summed E-state index contributed by atoms with van der Waals surface area (Å²) in [6, 6.07) is 3.23. The Balaban J connectivity index is 1.56. The summed E-state index contributed by atoms with van der Waals surface area (Å²) in [6.45, 7) is 6.54. The van der Waals surface area contributed by atoms with Crippen molar-refractivity contribution in [1.29, 1.82) is 0 Å². The van der Waals surface area contributed by atoms with Crippen LogP contribution in [0.1, 0.15) is 56.9 Å². The molecule has 27 heavy (non-hydrogen) atoms. The van der Waals surface area contributed by atoms with Gasteiger partial charge in [-0.3, -0.25) is 0 Å². The Bertz CT molecular complexity index is 655. The van der Waals surface area contributed by atoms with E-state index in [0.29, 0.717) is 17.4 Å². The molecule has 2 unspecified atom stereocenters. The molecule has 4 heteroatoms. The van der Waals surface area contributed by atoms with Gasteiger partial charge in [-0.25, -0.2) is 4.39 Å². The molecule has 0 aromatic heterocycles. The largest absolute Gasteiger partial charge is 0.486 e. The third kappa shape index (κ3) is 4.78. The zero-order valence-corrected chi connectivity index (χ0v) is 16.1. The van der Waals surface area contributed by atoms with E-state index in [0.717, 1.165) is 38.7 Å². The molecule has 148 valence electrons. The molecule has 3 rings (SSSR count). The van der Waals surface area contributed by atoms with Crippen LogP contribution in [0.5, 0.6) is 5.75 Å². The fourth-order valence-corrected chi connectivity index (χ4v) is 4.55. The van der Waals surface area contributed by atoms with Crippen LogP contribution < -0.4 is 4.74 Å². The second-order valence-electron chi connectivity index (χ2n) is 7.73. The molecule has 1 aromatic carbocycles. The third-order valence-corrected chi connectivity index (χ3v) is 6.07. The maximum Gasteiger partial charge on any atom is 0.200 e. The Morgan fingerprint density at radius 2 is 1.81 bits per heavy atom. The maximum absolute atomic E-state index is 14.5. The van der Waals surface area contributed by atoms with Crippen LogP contribution in [0.2, 0.25) is 0 Å². The van der Waals surface area contributed by atoms with Crippen molar-refractivity contribution >= 4 is 0 Å². The first-order valence-corrected chi connectivity index (χ1v) is 10.1. The highest BCUT2D eigenvalue weighted by Gasteiger charge is 2.32.